The Morgan fingerprint density at radius 1 is 1.10 bits per heavy atom. The molecule has 1 saturated carbocycles. The lowest BCUT2D eigenvalue weighted by Gasteiger charge is -2.22. The molecule has 0 unspecified atom stereocenters. The molecule has 4 nitrogen and oxygen atoms in total. The van der Waals surface area contributed by atoms with Crippen LogP contribution in [0.3, 0.4) is 0 Å². The average molecular weight is 294 g/mol. The third-order valence-corrected chi connectivity index (χ3v) is 6.27. The first-order chi connectivity index (χ1) is 9.65. The normalized spacial score (nSPS) is 20.0. The number of hydrogen-bond acceptors (Lipinski definition) is 3. The molecule has 0 atom stereocenters. The van der Waals surface area contributed by atoms with Gasteiger partial charge in [-0.2, -0.15) is 0 Å². The highest BCUT2D eigenvalue weighted by molar-refractivity contribution is 7.90. The first-order valence-electron chi connectivity index (χ1n) is 7.45. The first-order valence-corrected chi connectivity index (χ1v) is 9.00. The summed E-state index contributed by atoms with van der Waals surface area (Å²) in [5.74, 6) is 0. The van der Waals surface area contributed by atoms with Crippen LogP contribution in [0.2, 0.25) is 0 Å². The molecule has 2 N–H and O–H groups in total. The van der Waals surface area contributed by atoms with Crippen LogP contribution in [0.4, 0.5) is 0 Å². The highest BCUT2D eigenvalue weighted by Gasteiger charge is 2.26. The molecule has 110 valence electrons. The average Bonchev–Trinajstić information content (AvgIpc) is 2.94. The van der Waals surface area contributed by atoms with E-state index in [1.54, 1.807) is 0 Å². The van der Waals surface area contributed by atoms with Gasteiger partial charge in [-0.05, 0) is 29.5 Å². The maximum absolute atomic E-state index is 12.3. The van der Waals surface area contributed by atoms with Crippen molar-refractivity contribution in [3.63, 3.8) is 0 Å². The molecule has 1 aromatic carbocycles. The van der Waals surface area contributed by atoms with Crippen molar-refractivity contribution >= 4 is 10.0 Å². The van der Waals surface area contributed by atoms with Gasteiger partial charge in [-0.15, -0.1) is 0 Å². The molecule has 2 aliphatic rings. The summed E-state index contributed by atoms with van der Waals surface area (Å²) in [4.78, 5) is 0. The van der Waals surface area contributed by atoms with E-state index in [9.17, 15) is 8.42 Å². The molecular weight excluding hydrogens is 272 g/mol. The highest BCUT2D eigenvalue weighted by atomic mass is 32.2. The van der Waals surface area contributed by atoms with Crippen LogP contribution < -0.4 is 10.0 Å². The molecule has 5 heteroatoms. The summed E-state index contributed by atoms with van der Waals surface area (Å²) < 4.78 is 27.3. The molecule has 0 amide bonds. The van der Waals surface area contributed by atoms with Gasteiger partial charge in [-0.25, -0.2) is 13.1 Å². The van der Waals surface area contributed by atoms with Gasteiger partial charge in [0.05, 0.1) is 5.25 Å². The predicted octanol–water partition coefficient (Wildman–Crippen LogP) is 2.04. The first kappa shape index (κ1) is 14.0. The van der Waals surface area contributed by atoms with E-state index in [-0.39, 0.29) is 5.25 Å². The molecule has 0 spiro atoms. The Kier molecular flexibility index (Phi) is 4.10. The summed E-state index contributed by atoms with van der Waals surface area (Å²) in [6.07, 6.45) is 4.86. The fourth-order valence-corrected chi connectivity index (χ4v) is 4.69. The Bertz CT molecular complexity index is 578. The van der Waals surface area contributed by atoms with Crippen LogP contribution in [-0.4, -0.2) is 13.7 Å². The second kappa shape index (κ2) is 5.84. The largest absolute Gasteiger partial charge is 0.309 e. The zero-order valence-electron chi connectivity index (χ0n) is 11.7. The summed E-state index contributed by atoms with van der Waals surface area (Å²) in [5, 5.41) is 3.11. The van der Waals surface area contributed by atoms with Crippen molar-refractivity contribution in [2.45, 2.75) is 57.0 Å². The Labute approximate surface area is 121 Å². The van der Waals surface area contributed by atoms with Gasteiger partial charge in [0.2, 0.25) is 10.0 Å². The summed E-state index contributed by atoms with van der Waals surface area (Å²) in [6, 6.07) is 6.23. The maximum atomic E-state index is 12.3. The molecule has 20 heavy (non-hydrogen) atoms. The fraction of sp³-hybridized carbons (Fsp3) is 0.600. The lowest BCUT2D eigenvalue weighted by atomic mass is 10.0. The van der Waals surface area contributed by atoms with Crippen LogP contribution in [0, 0.1) is 0 Å². The van der Waals surface area contributed by atoms with Crippen molar-refractivity contribution in [3.05, 3.63) is 34.9 Å². The summed E-state index contributed by atoms with van der Waals surface area (Å²) in [7, 11) is -3.16. The molecule has 0 radical (unpaired) electrons. The van der Waals surface area contributed by atoms with E-state index < -0.39 is 10.0 Å². The topological polar surface area (TPSA) is 58.2 Å². The van der Waals surface area contributed by atoms with Crippen LogP contribution in [0.25, 0.3) is 0 Å². The van der Waals surface area contributed by atoms with Crippen molar-refractivity contribution in [3.8, 4) is 0 Å². The standard InChI is InChI=1S/C15H22N2O2S/c18-20(19,15-4-2-1-3-5-15)17-9-12-6-7-13-10-16-11-14(13)8-12/h6-8,15-17H,1-5,9-11H2. The minimum absolute atomic E-state index is 0.188. The third-order valence-electron chi connectivity index (χ3n) is 4.37. The van der Waals surface area contributed by atoms with Gasteiger partial charge in [-0.3, -0.25) is 0 Å². The van der Waals surface area contributed by atoms with E-state index in [0.717, 1.165) is 44.3 Å². The van der Waals surface area contributed by atoms with Gasteiger partial charge in [-0.1, -0.05) is 37.5 Å². The second-order valence-electron chi connectivity index (χ2n) is 5.83. The fourth-order valence-electron chi connectivity index (χ4n) is 3.14. The van der Waals surface area contributed by atoms with E-state index in [1.807, 2.05) is 6.07 Å². The zero-order chi connectivity index (χ0) is 14.0. The molecule has 1 aromatic rings. The van der Waals surface area contributed by atoms with Gasteiger partial charge >= 0.3 is 0 Å². The third kappa shape index (κ3) is 3.05. The highest BCUT2D eigenvalue weighted by Crippen LogP contribution is 2.23. The quantitative estimate of drug-likeness (QED) is 0.893. The predicted molar refractivity (Wildman–Crippen MR) is 79.6 cm³/mol. The smallest absolute Gasteiger partial charge is 0.214 e. The van der Waals surface area contributed by atoms with Crippen LogP contribution in [0.1, 0.15) is 48.8 Å². The molecule has 0 saturated heterocycles. The Balaban J connectivity index is 1.63. The molecule has 1 heterocycles. The van der Waals surface area contributed by atoms with Gasteiger partial charge in [0.1, 0.15) is 0 Å². The number of fused-ring (bicyclic) bond motifs is 1. The van der Waals surface area contributed by atoms with Crippen molar-refractivity contribution in [1.29, 1.82) is 0 Å². The SMILES string of the molecule is O=S(=O)(NCc1ccc2c(c1)CNC2)C1CCCCC1. The van der Waals surface area contributed by atoms with Crippen LogP contribution >= 0.6 is 0 Å². The van der Waals surface area contributed by atoms with Gasteiger partial charge in [0, 0.05) is 19.6 Å². The van der Waals surface area contributed by atoms with Crippen LogP contribution in [-0.2, 0) is 29.7 Å². The number of nitrogens with one attached hydrogen (secondary N) is 2. The van der Waals surface area contributed by atoms with Gasteiger partial charge in [0.15, 0.2) is 0 Å². The van der Waals surface area contributed by atoms with E-state index in [4.69, 9.17) is 0 Å². The number of benzene rings is 1. The van der Waals surface area contributed by atoms with Crippen LogP contribution in [0.15, 0.2) is 18.2 Å². The van der Waals surface area contributed by atoms with Crippen molar-refractivity contribution in [1.82, 2.24) is 10.0 Å². The molecule has 1 fully saturated rings. The molecule has 0 bridgehead atoms. The monoisotopic (exact) mass is 294 g/mol. The molecular formula is C15H22N2O2S. The van der Waals surface area contributed by atoms with Gasteiger partial charge < -0.3 is 5.32 Å². The Morgan fingerprint density at radius 2 is 1.85 bits per heavy atom. The Morgan fingerprint density at radius 3 is 2.65 bits per heavy atom. The van der Waals surface area contributed by atoms with Gasteiger partial charge in [0.25, 0.3) is 0 Å². The maximum Gasteiger partial charge on any atom is 0.214 e. The van der Waals surface area contributed by atoms with E-state index in [2.05, 4.69) is 22.2 Å². The molecule has 0 aromatic heterocycles. The lowest BCUT2D eigenvalue weighted by Crippen LogP contribution is -2.35. The molecule has 3 rings (SSSR count). The van der Waals surface area contributed by atoms with Crippen LogP contribution in [0.5, 0.6) is 0 Å². The zero-order valence-corrected chi connectivity index (χ0v) is 12.5. The van der Waals surface area contributed by atoms with Crippen molar-refractivity contribution in [2.24, 2.45) is 0 Å². The van der Waals surface area contributed by atoms with E-state index in [0.29, 0.717) is 6.54 Å². The Hall–Kier alpha value is -0.910. The van der Waals surface area contributed by atoms with E-state index >= 15 is 0 Å². The number of rotatable bonds is 4. The minimum atomic E-state index is -3.16. The minimum Gasteiger partial charge on any atom is -0.309 e. The summed E-state index contributed by atoms with van der Waals surface area (Å²) in [5.41, 5.74) is 3.66. The van der Waals surface area contributed by atoms with Crippen molar-refractivity contribution in [2.75, 3.05) is 0 Å². The second-order valence-corrected chi connectivity index (χ2v) is 7.88. The molecule has 1 aliphatic heterocycles. The molecule has 1 aliphatic carbocycles. The summed E-state index contributed by atoms with van der Waals surface area (Å²) in [6.45, 7) is 2.22. The number of hydrogen-bond donors (Lipinski definition) is 2. The van der Waals surface area contributed by atoms with Crippen molar-refractivity contribution < 1.29 is 8.42 Å². The number of sulfonamides is 1. The lowest BCUT2D eigenvalue weighted by molar-refractivity contribution is 0.477. The van der Waals surface area contributed by atoms with E-state index in [1.165, 1.54) is 17.5 Å². The summed E-state index contributed by atoms with van der Waals surface area (Å²) >= 11 is 0.